The number of nitrogens with two attached hydrogens (primary N) is 1. The van der Waals surface area contributed by atoms with Crippen molar-refractivity contribution in [2.45, 2.75) is 31.9 Å². The molecule has 0 aliphatic carbocycles. The lowest BCUT2D eigenvalue weighted by Gasteiger charge is -2.26. The van der Waals surface area contributed by atoms with E-state index >= 15 is 0 Å². The zero-order chi connectivity index (χ0) is 19.6. The summed E-state index contributed by atoms with van der Waals surface area (Å²) in [5.41, 5.74) is 6.91. The summed E-state index contributed by atoms with van der Waals surface area (Å²) in [7, 11) is 1.56. The number of nitrogens with zero attached hydrogens (tertiary/aromatic N) is 2. The fourth-order valence-electron chi connectivity index (χ4n) is 3.30. The molecule has 1 atom stereocenters. The number of halogens is 2. The van der Waals surface area contributed by atoms with Crippen molar-refractivity contribution >= 4 is 11.9 Å². The van der Waals surface area contributed by atoms with Gasteiger partial charge in [0.15, 0.2) is 11.5 Å². The lowest BCUT2D eigenvalue weighted by molar-refractivity contribution is -0.129. The van der Waals surface area contributed by atoms with Crippen molar-refractivity contribution in [1.29, 1.82) is 0 Å². The SMILES string of the molecule is CCCc1cccc([C@]2(c3ccc(OC(F)F)cc3)N=C(N)N(C)C2=O)c1. The van der Waals surface area contributed by atoms with E-state index in [-0.39, 0.29) is 17.6 Å². The van der Waals surface area contributed by atoms with Gasteiger partial charge in [-0.2, -0.15) is 8.78 Å². The Balaban J connectivity index is 2.13. The number of aliphatic imine (C=N–C) groups is 1. The van der Waals surface area contributed by atoms with Gasteiger partial charge in [0.1, 0.15) is 5.75 Å². The molecule has 0 unspecified atom stereocenters. The number of likely N-dealkylation sites (N-methyl/N-ethyl adjacent to an activating group) is 1. The highest BCUT2D eigenvalue weighted by Crippen LogP contribution is 2.40. The molecule has 0 bridgehead atoms. The Hall–Kier alpha value is -2.96. The van der Waals surface area contributed by atoms with Crippen LogP contribution in [-0.2, 0) is 16.8 Å². The van der Waals surface area contributed by atoms with E-state index in [9.17, 15) is 13.6 Å². The molecule has 1 heterocycles. The molecule has 1 amide bonds. The number of guanidine groups is 1. The van der Waals surface area contributed by atoms with Gasteiger partial charge in [-0.05, 0) is 35.2 Å². The number of rotatable bonds is 6. The summed E-state index contributed by atoms with van der Waals surface area (Å²) in [5, 5.41) is 0. The minimum Gasteiger partial charge on any atom is -0.435 e. The number of hydrogen-bond acceptors (Lipinski definition) is 4. The Kier molecular flexibility index (Phi) is 5.12. The molecular weight excluding hydrogens is 352 g/mol. The normalized spacial score (nSPS) is 19.5. The predicted octanol–water partition coefficient (Wildman–Crippen LogP) is 3.27. The molecule has 0 saturated carbocycles. The number of ether oxygens (including phenoxy) is 1. The highest BCUT2D eigenvalue weighted by molar-refractivity contribution is 6.08. The second-order valence-electron chi connectivity index (χ2n) is 6.40. The van der Waals surface area contributed by atoms with Gasteiger partial charge >= 0.3 is 6.61 Å². The van der Waals surface area contributed by atoms with Gasteiger partial charge in [0.05, 0.1) is 0 Å². The molecule has 0 saturated heterocycles. The first-order chi connectivity index (χ1) is 12.9. The van der Waals surface area contributed by atoms with Crippen LogP contribution < -0.4 is 10.5 Å². The molecule has 2 N–H and O–H groups in total. The molecule has 5 nitrogen and oxygen atoms in total. The third kappa shape index (κ3) is 3.37. The Morgan fingerprint density at radius 1 is 1.19 bits per heavy atom. The van der Waals surface area contributed by atoms with E-state index in [1.165, 1.54) is 17.0 Å². The topological polar surface area (TPSA) is 67.9 Å². The van der Waals surface area contributed by atoms with E-state index in [0.29, 0.717) is 11.1 Å². The molecule has 2 aromatic carbocycles. The van der Waals surface area contributed by atoms with Crippen LogP contribution in [0.2, 0.25) is 0 Å². The first-order valence-corrected chi connectivity index (χ1v) is 8.66. The molecular formula is C20H21F2N3O2. The lowest BCUT2D eigenvalue weighted by Crippen LogP contribution is -2.41. The molecule has 3 rings (SSSR count). The summed E-state index contributed by atoms with van der Waals surface area (Å²) in [5.74, 6) is -0.177. The van der Waals surface area contributed by atoms with Crippen molar-refractivity contribution in [2.24, 2.45) is 10.7 Å². The molecule has 2 aromatic rings. The fraction of sp³-hybridized carbons (Fsp3) is 0.300. The van der Waals surface area contributed by atoms with Crippen LogP contribution in [0.5, 0.6) is 5.75 Å². The molecule has 0 spiro atoms. The van der Waals surface area contributed by atoms with Crippen LogP contribution in [0.4, 0.5) is 8.78 Å². The van der Waals surface area contributed by atoms with Gasteiger partial charge in [-0.1, -0.05) is 49.7 Å². The molecule has 27 heavy (non-hydrogen) atoms. The second kappa shape index (κ2) is 7.34. The number of carbonyl (C=O) groups excluding carboxylic acids is 1. The quantitative estimate of drug-likeness (QED) is 0.845. The minimum atomic E-state index is -2.91. The van der Waals surface area contributed by atoms with Crippen LogP contribution in [0.1, 0.15) is 30.0 Å². The van der Waals surface area contributed by atoms with Crippen molar-refractivity contribution in [3.8, 4) is 5.75 Å². The second-order valence-corrected chi connectivity index (χ2v) is 6.40. The Morgan fingerprint density at radius 2 is 1.89 bits per heavy atom. The maximum absolute atomic E-state index is 13.2. The van der Waals surface area contributed by atoms with Gasteiger partial charge in [-0.3, -0.25) is 9.69 Å². The van der Waals surface area contributed by atoms with Crippen molar-refractivity contribution < 1.29 is 18.3 Å². The Labute approximate surface area is 156 Å². The summed E-state index contributed by atoms with van der Waals surface area (Å²) in [6.45, 7) is -0.835. The van der Waals surface area contributed by atoms with Gasteiger partial charge in [-0.15, -0.1) is 0 Å². The fourth-order valence-corrected chi connectivity index (χ4v) is 3.30. The first-order valence-electron chi connectivity index (χ1n) is 8.66. The van der Waals surface area contributed by atoms with E-state index < -0.39 is 12.2 Å². The predicted molar refractivity (Wildman–Crippen MR) is 98.7 cm³/mol. The van der Waals surface area contributed by atoms with Crippen molar-refractivity contribution in [2.75, 3.05) is 7.05 Å². The molecule has 7 heteroatoms. The van der Waals surface area contributed by atoms with Gasteiger partial charge in [0.2, 0.25) is 0 Å². The summed E-state index contributed by atoms with van der Waals surface area (Å²) in [6, 6.07) is 13.6. The van der Waals surface area contributed by atoms with Gasteiger partial charge in [0.25, 0.3) is 5.91 Å². The van der Waals surface area contributed by atoms with Gasteiger partial charge in [-0.25, -0.2) is 4.99 Å². The highest BCUT2D eigenvalue weighted by Gasteiger charge is 2.49. The molecule has 142 valence electrons. The maximum atomic E-state index is 13.2. The number of carbonyl (C=O) groups is 1. The molecule has 0 aromatic heterocycles. The molecule has 0 fully saturated rings. The largest absolute Gasteiger partial charge is 0.435 e. The standard InChI is InChI=1S/C20H21F2N3O2/c1-3-5-13-6-4-7-15(12-13)20(17(26)25(2)19(23)24-20)14-8-10-16(11-9-14)27-18(21)22/h4,6-12,18H,3,5H2,1-2H3,(H2,23,24)/t20-/m0/s1. The third-order valence-electron chi connectivity index (χ3n) is 4.62. The van der Waals surface area contributed by atoms with Crippen LogP contribution in [0, 0.1) is 0 Å². The summed E-state index contributed by atoms with van der Waals surface area (Å²) in [6.07, 6.45) is 1.84. The Bertz CT molecular complexity index is 868. The van der Waals surface area contributed by atoms with Crippen LogP contribution in [-0.4, -0.2) is 30.4 Å². The zero-order valence-corrected chi connectivity index (χ0v) is 15.2. The van der Waals surface area contributed by atoms with E-state index in [0.717, 1.165) is 18.4 Å². The van der Waals surface area contributed by atoms with Crippen LogP contribution >= 0.6 is 0 Å². The number of benzene rings is 2. The summed E-state index contributed by atoms with van der Waals surface area (Å²) in [4.78, 5) is 18.9. The minimum absolute atomic E-state index is 0.0133. The smallest absolute Gasteiger partial charge is 0.387 e. The van der Waals surface area contributed by atoms with Gasteiger partial charge in [0, 0.05) is 7.05 Å². The lowest BCUT2D eigenvalue weighted by atomic mass is 9.82. The van der Waals surface area contributed by atoms with Crippen LogP contribution in [0.25, 0.3) is 0 Å². The first kappa shape index (κ1) is 18.8. The van der Waals surface area contributed by atoms with E-state index in [1.807, 2.05) is 24.3 Å². The third-order valence-corrected chi connectivity index (χ3v) is 4.62. The highest BCUT2D eigenvalue weighted by atomic mass is 19.3. The maximum Gasteiger partial charge on any atom is 0.387 e. The Morgan fingerprint density at radius 3 is 2.44 bits per heavy atom. The van der Waals surface area contributed by atoms with E-state index in [1.54, 1.807) is 19.2 Å². The van der Waals surface area contributed by atoms with Crippen molar-refractivity contribution in [3.63, 3.8) is 0 Å². The van der Waals surface area contributed by atoms with Crippen LogP contribution in [0.15, 0.2) is 53.5 Å². The molecule has 1 aliphatic heterocycles. The average molecular weight is 373 g/mol. The van der Waals surface area contributed by atoms with Crippen molar-refractivity contribution in [1.82, 2.24) is 4.90 Å². The van der Waals surface area contributed by atoms with Gasteiger partial charge < -0.3 is 10.5 Å². The molecule has 0 radical (unpaired) electrons. The average Bonchev–Trinajstić information content (AvgIpc) is 2.87. The number of amides is 1. The molecule has 1 aliphatic rings. The van der Waals surface area contributed by atoms with Crippen LogP contribution in [0.3, 0.4) is 0 Å². The van der Waals surface area contributed by atoms with E-state index in [4.69, 9.17) is 5.73 Å². The van der Waals surface area contributed by atoms with Crippen molar-refractivity contribution in [3.05, 3.63) is 65.2 Å². The number of aryl methyl sites for hydroxylation is 1. The zero-order valence-electron chi connectivity index (χ0n) is 15.2. The monoisotopic (exact) mass is 373 g/mol. The number of alkyl halides is 2. The summed E-state index contributed by atoms with van der Waals surface area (Å²) < 4.78 is 29.2. The van der Waals surface area contributed by atoms with E-state index in [2.05, 4.69) is 16.7 Å². The summed E-state index contributed by atoms with van der Waals surface area (Å²) >= 11 is 0. The number of hydrogen-bond donors (Lipinski definition) is 1.